The number of hydrogen-bond donors (Lipinski definition) is 0. The summed E-state index contributed by atoms with van der Waals surface area (Å²) in [7, 11) is 0. The molecule has 0 aromatic heterocycles. The minimum atomic E-state index is -0.311. The monoisotopic (exact) mass is 239 g/mol. The van der Waals surface area contributed by atoms with Gasteiger partial charge >= 0.3 is 0 Å². The number of ether oxygens (including phenoxy) is 1. The third-order valence-electron chi connectivity index (χ3n) is 3.21. The van der Waals surface area contributed by atoms with Crippen molar-refractivity contribution in [2.75, 3.05) is 19.7 Å². The highest BCUT2D eigenvalue weighted by Gasteiger charge is 2.20. The molecule has 98 valence electrons. The zero-order valence-corrected chi connectivity index (χ0v) is 11.0. The molecule has 0 radical (unpaired) electrons. The maximum absolute atomic E-state index is 12.1. The first-order valence-electron chi connectivity index (χ1n) is 6.77. The predicted molar refractivity (Wildman–Crippen MR) is 69.9 cm³/mol. The van der Waals surface area contributed by atoms with Crippen LogP contribution in [0.5, 0.6) is 0 Å². The van der Waals surface area contributed by atoms with Crippen LogP contribution in [0.2, 0.25) is 0 Å². The highest BCUT2D eigenvalue weighted by Crippen LogP contribution is 2.12. The summed E-state index contributed by atoms with van der Waals surface area (Å²) in [4.78, 5) is 14.1. The van der Waals surface area contributed by atoms with Gasteiger partial charge in [-0.15, -0.1) is 6.58 Å². The average molecular weight is 239 g/mol. The molecule has 0 aromatic carbocycles. The number of carbonyl (C=O) groups is 1. The molecule has 0 aromatic rings. The summed E-state index contributed by atoms with van der Waals surface area (Å²) < 4.78 is 5.51. The molecule has 1 aliphatic heterocycles. The summed E-state index contributed by atoms with van der Waals surface area (Å²) in [6, 6.07) is 0. The first-order chi connectivity index (χ1) is 8.25. The quantitative estimate of drug-likeness (QED) is 0.545. The van der Waals surface area contributed by atoms with E-state index in [0.29, 0.717) is 6.61 Å². The van der Waals surface area contributed by atoms with E-state index in [1.807, 2.05) is 17.9 Å². The molecule has 0 bridgehead atoms. The van der Waals surface area contributed by atoms with Crippen LogP contribution in [0.3, 0.4) is 0 Å². The topological polar surface area (TPSA) is 29.5 Å². The molecule has 1 aliphatic rings. The standard InChI is InChI=1S/C14H25NO2/c1-3-4-12-17-13(2)14(16)15-10-8-6-5-7-9-11-15/h3,13H,1,4-12H2,2H3/t13-/m1/s1. The Hall–Kier alpha value is -0.830. The van der Waals surface area contributed by atoms with Gasteiger partial charge in [-0.3, -0.25) is 4.79 Å². The maximum atomic E-state index is 12.1. The molecule has 0 N–H and O–H groups in total. The van der Waals surface area contributed by atoms with Crippen molar-refractivity contribution in [2.24, 2.45) is 0 Å². The van der Waals surface area contributed by atoms with Crippen LogP contribution < -0.4 is 0 Å². The second-order valence-corrected chi connectivity index (χ2v) is 4.68. The van der Waals surface area contributed by atoms with Crippen LogP contribution in [0.4, 0.5) is 0 Å². The number of likely N-dealkylation sites (tertiary alicyclic amines) is 1. The summed E-state index contributed by atoms with van der Waals surface area (Å²) in [6.07, 6.45) is 8.37. The second kappa shape index (κ2) is 8.29. The number of carbonyl (C=O) groups excluding carboxylic acids is 1. The van der Waals surface area contributed by atoms with Gasteiger partial charge in [0.05, 0.1) is 6.61 Å². The van der Waals surface area contributed by atoms with Gasteiger partial charge < -0.3 is 9.64 Å². The van der Waals surface area contributed by atoms with Gasteiger partial charge in [0.2, 0.25) is 0 Å². The van der Waals surface area contributed by atoms with E-state index < -0.39 is 0 Å². The van der Waals surface area contributed by atoms with Crippen molar-refractivity contribution in [3.05, 3.63) is 12.7 Å². The van der Waals surface area contributed by atoms with Crippen LogP contribution in [-0.2, 0) is 9.53 Å². The van der Waals surface area contributed by atoms with E-state index in [1.165, 1.54) is 19.3 Å². The minimum absolute atomic E-state index is 0.149. The Kier molecular flexibility index (Phi) is 6.94. The van der Waals surface area contributed by atoms with Gasteiger partial charge in [-0.05, 0) is 26.2 Å². The molecular formula is C14H25NO2. The Morgan fingerprint density at radius 1 is 1.29 bits per heavy atom. The van der Waals surface area contributed by atoms with Crippen molar-refractivity contribution in [1.29, 1.82) is 0 Å². The number of amides is 1. The van der Waals surface area contributed by atoms with Gasteiger partial charge in [-0.1, -0.05) is 25.3 Å². The van der Waals surface area contributed by atoms with Crippen LogP contribution in [0.25, 0.3) is 0 Å². The van der Waals surface area contributed by atoms with E-state index in [0.717, 1.165) is 32.4 Å². The van der Waals surface area contributed by atoms with E-state index >= 15 is 0 Å². The molecule has 17 heavy (non-hydrogen) atoms. The zero-order valence-electron chi connectivity index (χ0n) is 11.0. The van der Waals surface area contributed by atoms with Crippen LogP contribution in [0, 0.1) is 0 Å². The molecule has 3 heteroatoms. The fourth-order valence-electron chi connectivity index (χ4n) is 2.12. The van der Waals surface area contributed by atoms with Gasteiger partial charge in [0.1, 0.15) is 6.10 Å². The zero-order chi connectivity index (χ0) is 12.5. The van der Waals surface area contributed by atoms with Crippen molar-refractivity contribution in [1.82, 2.24) is 4.90 Å². The second-order valence-electron chi connectivity index (χ2n) is 4.68. The molecule has 1 amide bonds. The van der Waals surface area contributed by atoms with E-state index in [4.69, 9.17) is 4.74 Å². The van der Waals surface area contributed by atoms with Crippen LogP contribution >= 0.6 is 0 Å². The fourth-order valence-corrected chi connectivity index (χ4v) is 2.12. The molecule has 1 saturated heterocycles. The van der Waals surface area contributed by atoms with Crippen LogP contribution in [0.15, 0.2) is 12.7 Å². The predicted octanol–water partition coefficient (Wildman–Crippen LogP) is 2.76. The van der Waals surface area contributed by atoms with E-state index in [9.17, 15) is 4.79 Å². The van der Waals surface area contributed by atoms with Crippen LogP contribution in [-0.4, -0.2) is 36.6 Å². The average Bonchev–Trinajstić information content (AvgIpc) is 2.28. The Bertz CT molecular complexity index is 232. The summed E-state index contributed by atoms with van der Waals surface area (Å²) >= 11 is 0. The summed E-state index contributed by atoms with van der Waals surface area (Å²) in [5.41, 5.74) is 0. The molecule has 0 unspecified atom stereocenters. The lowest BCUT2D eigenvalue weighted by Gasteiger charge is -2.27. The molecule has 0 saturated carbocycles. The SMILES string of the molecule is C=CCCO[C@H](C)C(=O)N1CCCCCCC1. The van der Waals surface area contributed by atoms with Gasteiger partial charge in [0.15, 0.2) is 0 Å². The van der Waals surface area contributed by atoms with Crippen molar-refractivity contribution < 1.29 is 9.53 Å². The van der Waals surface area contributed by atoms with Crippen LogP contribution in [0.1, 0.15) is 45.4 Å². The van der Waals surface area contributed by atoms with Crippen molar-refractivity contribution in [2.45, 2.75) is 51.6 Å². The van der Waals surface area contributed by atoms with E-state index in [1.54, 1.807) is 0 Å². The van der Waals surface area contributed by atoms with Crippen molar-refractivity contribution in [3.63, 3.8) is 0 Å². The number of rotatable bonds is 5. The molecular weight excluding hydrogens is 214 g/mol. The normalized spacial score (nSPS) is 19.2. The molecule has 0 spiro atoms. The van der Waals surface area contributed by atoms with Crippen molar-refractivity contribution >= 4 is 5.91 Å². The smallest absolute Gasteiger partial charge is 0.251 e. The highest BCUT2D eigenvalue weighted by atomic mass is 16.5. The van der Waals surface area contributed by atoms with Gasteiger partial charge in [0, 0.05) is 13.1 Å². The molecule has 1 atom stereocenters. The van der Waals surface area contributed by atoms with E-state index in [-0.39, 0.29) is 12.0 Å². The van der Waals surface area contributed by atoms with E-state index in [2.05, 4.69) is 6.58 Å². The summed E-state index contributed by atoms with van der Waals surface area (Å²) in [5.74, 6) is 0.149. The molecule has 1 fully saturated rings. The third kappa shape index (κ3) is 5.35. The summed E-state index contributed by atoms with van der Waals surface area (Å²) in [6.45, 7) is 7.87. The molecule has 3 nitrogen and oxygen atoms in total. The minimum Gasteiger partial charge on any atom is -0.368 e. The van der Waals surface area contributed by atoms with Gasteiger partial charge in [-0.2, -0.15) is 0 Å². The maximum Gasteiger partial charge on any atom is 0.251 e. The molecule has 1 rings (SSSR count). The highest BCUT2D eigenvalue weighted by molar-refractivity contribution is 5.80. The molecule has 0 aliphatic carbocycles. The van der Waals surface area contributed by atoms with Gasteiger partial charge in [0.25, 0.3) is 5.91 Å². The first kappa shape index (κ1) is 14.2. The Labute approximate surface area is 105 Å². The largest absolute Gasteiger partial charge is 0.368 e. The number of hydrogen-bond acceptors (Lipinski definition) is 2. The number of nitrogens with zero attached hydrogens (tertiary/aromatic N) is 1. The third-order valence-corrected chi connectivity index (χ3v) is 3.21. The lowest BCUT2D eigenvalue weighted by molar-refractivity contribution is -0.142. The summed E-state index contributed by atoms with van der Waals surface area (Å²) in [5, 5.41) is 0. The lowest BCUT2D eigenvalue weighted by atomic mass is 10.1. The fraction of sp³-hybridized carbons (Fsp3) is 0.786. The molecule has 1 heterocycles. The first-order valence-corrected chi connectivity index (χ1v) is 6.77. The Morgan fingerprint density at radius 3 is 2.47 bits per heavy atom. The Morgan fingerprint density at radius 2 is 1.88 bits per heavy atom. The Balaban J connectivity index is 2.34. The van der Waals surface area contributed by atoms with Gasteiger partial charge in [-0.25, -0.2) is 0 Å². The lowest BCUT2D eigenvalue weighted by Crippen LogP contribution is -2.40. The van der Waals surface area contributed by atoms with Crippen molar-refractivity contribution in [3.8, 4) is 0 Å².